The van der Waals surface area contributed by atoms with Crippen LogP contribution in [0.1, 0.15) is 12.2 Å². The molecular weight excluding hydrogens is 190 g/mol. The number of hydrogen-bond acceptors (Lipinski definition) is 3. The van der Waals surface area contributed by atoms with Gasteiger partial charge in [0.05, 0.1) is 11.0 Å². The number of rotatable bonds is 0. The minimum Gasteiger partial charge on any atom is -0.326 e. The molecule has 0 amide bonds. The van der Waals surface area contributed by atoms with E-state index in [0.29, 0.717) is 0 Å². The first-order valence-corrected chi connectivity index (χ1v) is 5.12. The lowest BCUT2D eigenvalue weighted by atomic mass is 10.2. The lowest BCUT2D eigenvalue weighted by molar-refractivity contribution is 0.772. The van der Waals surface area contributed by atoms with Crippen molar-refractivity contribution in [1.82, 2.24) is 25.0 Å². The summed E-state index contributed by atoms with van der Waals surface area (Å²) in [6, 6.07) is 3.98. The number of benzene rings is 1. The van der Waals surface area contributed by atoms with Gasteiger partial charge in [-0.25, -0.2) is 4.98 Å². The molecule has 4 rings (SSSR count). The Morgan fingerprint density at radius 3 is 3.13 bits per heavy atom. The van der Waals surface area contributed by atoms with E-state index in [0.717, 1.165) is 35.0 Å². The van der Waals surface area contributed by atoms with Crippen LogP contribution in [-0.4, -0.2) is 25.0 Å². The molecular formula is C10H9N5. The Morgan fingerprint density at radius 2 is 2.13 bits per heavy atom. The van der Waals surface area contributed by atoms with Gasteiger partial charge in [0.25, 0.3) is 0 Å². The van der Waals surface area contributed by atoms with Crippen molar-refractivity contribution < 1.29 is 0 Å². The highest BCUT2D eigenvalue weighted by atomic mass is 15.3. The van der Waals surface area contributed by atoms with Crippen molar-refractivity contribution in [3.05, 3.63) is 18.0 Å². The summed E-state index contributed by atoms with van der Waals surface area (Å²) in [4.78, 5) is 4.60. The summed E-state index contributed by atoms with van der Waals surface area (Å²) in [7, 11) is 0. The summed E-state index contributed by atoms with van der Waals surface area (Å²) >= 11 is 0. The summed E-state index contributed by atoms with van der Waals surface area (Å²) in [6.45, 7) is 1.05. The molecule has 0 saturated carbocycles. The molecule has 5 nitrogen and oxygen atoms in total. The third-order valence-corrected chi connectivity index (χ3v) is 3.05. The highest BCUT2D eigenvalue weighted by Crippen LogP contribution is 2.27. The van der Waals surface area contributed by atoms with Gasteiger partial charge in [0.2, 0.25) is 0 Å². The summed E-state index contributed by atoms with van der Waals surface area (Å²) < 4.78 is 2.26. The van der Waals surface area contributed by atoms with Gasteiger partial charge in [0.1, 0.15) is 16.9 Å². The predicted octanol–water partition coefficient (Wildman–Crippen LogP) is 1.25. The first-order chi connectivity index (χ1) is 7.43. The molecule has 0 radical (unpaired) electrons. The number of nitrogens with one attached hydrogen (secondary N) is 1. The first-order valence-electron chi connectivity index (χ1n) is 5.12. The number of fused-ring (bicyclic) bond motifs is 5. The van der Waals surface area contributed by atoms with Crippen molar-refractivity contribution in [3.63, 3.8) is 0 Å². The Bertz CT molecular complexity index is 663. The van der Waals surface area contributed by atoms with Crippen LogP contribution in [0.3, 0.4) is 0 Å². The number of H-pyrrole nitrogens is 1. The molecule has 0 spiro atoms. The van der Waals surface area contributed by atoms with Crippen LogP contribution >= 0.6 is 0 Å². The normalized spacial score (nSPS) is 15.2. The summed E-state index contributed by atoms with van der Waals surface area (Å²) in [5, 5.41) is 11.0. The summed E-state index contributed by atoms with van der Waals surface area (Å²) in [5.41, 5.74) is 4.02. The van der Waals surface area contributed by atoms with E-state index < -0.39 is 0 Å². The second-order valence-electron chi connectivity index (χ2n) is 3.91. The monoisotopic (exact) mass is 199 g/mol. The van der Waals surface area contributed by atoms with E-state index in [-0.39, 0.29) is 0 Å². The van der Waals surface area contributed by atoms with Crippen molar-refractivity contribution in [1.29, 1.82) is 0 Å². The SMILES string of the molecule is c1cc2nc3n(c2c2n[nH]nc12)CCC3. The first kappa shape index (κ1) is 7.39. The van der Waals surface area contributed by atoms with Gasteiger partial charge < -0.3 is 4.57 Å². The van der Waals surface area contributed by atoms with Crippen molar-refractivity contribution in [3.8, 4) is 0 Å². The fraction of sp³-hybridized carbons (Fsp3) is 0.300. The van der Waals surface area contributed by atoms with Gasteiger partial charge in [-0.2, -0.15) is 15.4 Å². The maximum Gasteiger partial charge on any atom is 0.138 e. The van der Waals surface area contributed by atoms with Crippen LogP contribution in [0.2, 0.25) is 0 Å². The zero-order valence-corrected chi connectivity index (χ0v) is 8.06. The zero-order valence-electron chi connectivity index (χ0n) is 8.06. The van der Waals surface area contributed by atoms with Crippen LogP contribution in [0.4, 0.5) is 0 Å². The maximum absolute atomic E-state index is 4.60. The fourth-order valence-corrected chi connectivity index (χ4v) is 2.40. The molecule has 15 heavy (non-hydrogen) atoms. The molecule has 0 aliphatic carbocycles. The molecule has 3 aromatic rings. The van der Waals surface area contributed by atoms with Crippen molar-refractivity contribution in [2.24, 2.45) is 0 Å². The van der Waals surface area contributed by atoms with Crippen LogP contribution in [0.5, 0.6) is 0 Å². The zero-order chi connectivity index (χ0) is 9.83. The number of aryl methyl sites for hydroxylation is 2. The van der Waals surface area contributed by atoms with Gasteiger partial charge in [-0.3, -0.25) is 0 Å². The highest BCUT2D eigenvalue weighted by Gasteiger charge is 2.18. The molecule has 1 aromatic carbocycles. The van der Waals surface area contributed by atoms with Gasteiger partial charge in [-0.05, 0) is 18.6 Å². The average Bonchev–Trinajstić information content (AvgIpc) is 2.89. The minimum absolute atomic E-state index is 0.914. The Morgan fingerprint density at radius 1 is 1.20 bits per heavy atom. The van der Waals surface area contributed by atoms with E-state index in [9.17, 15) is 0 Å². The lowest BCUT2D eigenvalue weighted by Crippen LogP contribution is -1.92. The highest BCUT2D eigenvalue weighted by molar-refractivity contribution is 6.00. The molecule has 1 N–H and O–H groups in total. The Kier molecular flexibility index (Phi) is 1.16. The fourth-order valence-electron chi connectivity index (χ4n) is 2.40. The molecule has 0 atom stereocenters. The number of imidazole rings is 1. The van der Waals surface area contributed by atoms with Gasteiger partial charge >= 0.3 is 0 Å². The van der Waals surface area contributed by atoms with Crippen LogP contribution < -0.4 is 0 Å². The molecule has 5 heteroatoms. The van der Waals surface area contributed by atoms with E-state index in [1.54, 1.807) is 0 Å². The molecule has 3 heterocycles. The Balaban J connectivity index is 2.30. The molecule has 0 saturated heterocycles. The van der Waals surface area contributed by atoms with E-state index in [2.05, 4.69) is 25.0 Å². The van der Waals surface area contributed by atoms with Crippen molar-refractivity contribution in [2.45, 2.75) is 19.4 Å². The number of hydrogen-bond donors (Lipinski definition) is 1. The van der Waals surface area contributed by atoms with E-state index >= 15 is 0 Å². The minimum atomic E-state index is 0.914. The quantitative estimate of drug-likeness (QED) is 0.592. The Labute approximate surface area is 85.1 Å². The second kappa shape index (κ2) is 2.36. The van der Waals surface area contributed by atoms with Gasteiger partial charge in [0, 0.05) is 13.0 Å². The van der Waals surface area contributed by atoms with Crippen LogP contribution in [0.25, 0.3) is 22.1 Å². The number of aromatic nitrogens is 5. The lowest BCUT2D eigenvalue weighted by Gasteiger charge is -1.97. The number of nitrogens with zero attached hydrogens (tertiary/aromatic N) is 4. The van der Waals surface area contributed by atoms with Gasteiger partial charge in [0.15, 0.2) is 0 Å². The molecule has 2 aromatic heterocycles. The molecule has 74 valence electrons. The van der Waals surface area contributed by atoms with Crippen molar-refractivity contribution in [2.75, 3.05) is 0 Å². The van der Waals surface area contributed by atoms with E-state index in [1.807, 2.05) is 12.1 Å². The van der Waals surface area contributed by atoms with Crippen molar-refractivity contribution >= 4 is 22.1 Å². The van der Waals surface area contributed by atoms with E-state index in [4.69, 9.17) is 0 Å². The second-order valence-corrected chi connectivity index (χ2v) is 3.91. The largest absolute Gasteiger partial charge is 0.326 e. The maximum atomic E-state index is 4.60. The average molecular weight is 199 g/mol. The standard InChI is InChI=1S/C10H9N5/c1-2-8-11-7-4-3-6-9(13-14-12-6)10(7)15(8)5-1/h3-4H,1-2,5H2,(H,12,13,14). The molecule has 0 bridgehead atoms. The molecule has 1 aliphatic rings. The molecule has 1 aliphatic heterocycles. The predicted molar refractivity (Wildman–Crippen MR) is 55.5 cm³/mol. The van der Waals surface area contributed by atoms with Crippen LogP contribution in [0.15, 0.2) is 12.1 Å². The van der Waals surface area contributed by atoms with Crippen LogP contribution in [-0.2, 0) is 13.0 Å². The topological polar surface area (TPSA) is 59.4 Å². The molecule has 0 unspecified atom stereocenters. The van der Waals surface area contributed by atoms with E-state index in [1.165, 1.54) is 12.2 Å². The van der Waals surface area contributed by atoms with Gasteiger partial charge in [-0.1, -0.05) is 0 Å². The molecule has 0 fully saturated rings. The van der Waals surface area contributed by atoms with Crippen LogP contribution in [0, 0.1) is 0 Å². The van der Waals surface area contributed by atoms with Gasteiger partial charge in [-0.15, -0.1) is 0 Å². The third-order valence-electron chi connectivity index (χ3n) is 3.05. The smallest absolute Gasteiger partial charge is 0.138 e. The third kappa shape index (κ3) is 0.806. The number of aromatic amines is 1. The summed E-state index contributed by atoms with van der Waals surface area (Å²) in [5.74, 6) is 1.18. The Hall–Kier alpha value is -1.91. The summed E-state index contributed by atoms with van der Waals surface area (Å²) in [6.07, 6.45) is 2.26.